The van der Waals surface area contributed by atoms with Crippen LogP contribution in [0.5, 0.6) is 5.75 Å². The fraction of sp³-hybridized carbons (Fsp3) is 0.600. The van der Waals surface area contributed by atoms with Crippen molar-refractivity contribution in [2.24, 2.45) is 5.73 Å². The Hall–Kier alpha value is -1.02. The van der Waals surface area contributed by atoms with Gasteiger partial charge in [-0.15, -0.1) is 0 Å². The molecule has 1 fully saturated rings. The highest BCUT2D eigenvalue weighted by Crippen LogP contribution is 2.31. The summed E-state index contributed by atoms with van der Waals surface area (Å²) in [5.74, 6) is 1.10. The van der Waals surface area contributed by atoms with Crippen molar-refractivity contribution < 1.29 is 4.74 Å². The molecular weight excluding hydrogens is 210 g/mol. The fourth-order valence-electron chi connectivity index (χ4n) is 2.54. The van der Waals surface area contributed by atoms with E-state index in [1.807, 2.05) is 0 Å². The van der Waals surface area contributed by atoms with Crippen LogP contribution in [0.15, 0.2) is 12.1 Å². The lowest BCUT2D eigenvalue weighted by Crippen LogP contribution is -2.14. The van der Waals surface area contributed by atoms with Gasteiger partial charge in [0, 0.05) is 0 Å². The van der Waals surface area contributed by atoms with Gasteiger partial charge in [-0.25, -0.2) is 0 Å². The molecule has 0 radical (unpaired) electrons. The van der Waals surface area contributed by atoms with Crippen molar-refractivity contribution >= 4 is 0 Å². The van der Waals surface area contributed by atoms with E-state index in [1.165, 1.54) is 42.4 Å². The zero-order valence-electron chi connectivity index (χ0n) is 11.0. The van der Waals surface area contributed by atoms with E-state index in [0.29, 0.717) is 12.6 Å². The third-order valence-corrected chi connectivity index (χ3v) is 3.76. The van der Waals surface area contributed by atoms with Gasteiger partial charge in [0.15, 0.2) is 0 Å². The van der Waals surface area contributed by atoms with Crippen LogP contribution in [0.2, 0.25) is 0 Å². The molecule has 1 aromatic rings. The SMILES string of the molecule is Cc1ccc(CCN)c(OC2CCCC2)c1C. The molecule has 0 unspecified atom stereocenters. The van der Waals surface area contributed by atoms with E-state index in [0.717, 1.165) is 12.2 Å². The highest BCUT2D eigenvalue weighted by atomic mass is 16.5. The quantitative estimate of drug-likeness (QED) is 0.867. The standard InChI is InChI=1S/C15H23NO/c1-11-7-8-13(9-10-16)15(12(11)2)17-14-5-3-4-6-14/h7-8,14H,3-6,9-10,16H2,1-2H3. The first-order valence-electron chi connectivity index (χ1n) is 6.68. The van der Waals surface area contributed by atoms with E-state index >= 15 is 0 Å². The van der Waals surface area contributed by atoms with Gasteiger partial charge >= 0.3 is 0 Å². The molecule has 0 atom stereocenters. The Morgan fingerprint density at radius 1 is 1.24 bits per heavy atom. The van der Waals surface area contributed by atoms with E-state index in [9.17, 15) is 0 Å². The molecule has 0 aliphatic heterocycles. The van der Waals surface area contributed by atoms with Crippen LogP contribution in [0, 0.1) is 13.8 Å². The smallest absolute Gasteiger partial charge is 0.126 e. The molecule has 1 aliphatic carbocycles. The van der Waals surface area contributed by atoms with Crippen molar-refractivity contribution in [3.63, 3.8) is 0 Å². The predicted molar refractivity (Wildman–Crippen MR) is 71.6 cm³/mol. The van der Waals surface area contributed by atoms with Gasteiger partial charge in [-0.05, 0) is 69.2 Å². The molecule has 2 heteroatoms. The number of benzene rings is 1. The summed E-state index contributed by atoms with van der Waals surface area (Å²) < 4.78 is 6.22. The average Bonchev–Trinajstić information content (AvgIpc) is 2.81. The molecular formula is C15H23NO. The van der Waals surface area contributed by atoms with E-state index in [4.69, 9.17) is 10.5 Å². The second-order valence-electron chi connectivity index (χ2n) is 5.06. The minimum atomic E-state index is 0.423. The van der Waals surface area contributed by atoms with Gasteiger partial charge in [0.1, 0.15) is 5.75 Å². The van der Waals surface area contributed by atoms with Crippen LogP contribution >= 0.6 is 0 Å². The molecule has 17 heavy (non-hydrogen) atoms. The summed E-state index contributed by atoms with van der Waals surface area (Å²) in [6.45, 7) is 4.98. The Bertz CT molecular complexity index is 381. The van der Waals surface area contributed by atoms with E-state index < -0.39 is 0 Å². The predicted octanol–water partition coefficient (Wildman–Crippen LogP) is 3.13. The highest BCUT2D eigenvalue weighted by molar-refractivity contribution is 5.45. The normalized spacial score (nSPS) is 16.4. The minimum absolute atomic E-state index is 0.423. The molecule has 0 amide bonds. The van der Waals surface area contributed by atoms with Gasteiger partial charge in [0.05, 0.1) is 6.10 Å². The molecule has 0 heterocycles. The summed E-state index contributed by atoms with van der Waals surface area (Å²) in [6, 6.07) is 4.33. The summed E-state index contributed by atoms with van der Waals surface area (Å²) in [5.41, 5.74) is 9.52. The summed E-state index contributed by atoms with van der Waals surface area (Å²) in [7, 11) is 0. The van der Waals surface area contributed by atoms with Crippen molar-refractivity contribution in [2.45, 2.75) is 52.1 Å². The summed E-state index contributed by atoms with van der Waals surface area (Å²) >= 11 is 0. The number of aryl methyl sites for hydroxylation is 1. The largest absolute Gasteiger partial charge is 0.490 e. The lowest BCUT2D eigenvalue weighted by molar-refractivity contribution is 0.206. The van der Waals surface area contributed by atoms with E-state index in [2.05, 4.69) is 26.0 Å². The van der Waals surface area contributed by atoms with Crippen molar-refractivity contribution in [3.05, 3.63) is 28.8 Å². The molecule has 0 aromatic heterocycles. The minimum Gasteiger partial charge on any atom is -0.490 e. The molecule has 0 spiro atoms. The van der Waals surface area contributed by atoms with Crippen LogP contribution in [0.1, 0.15) is 42.4 Å². The summed E-state index contributed by atoms with van der Waals surface area (Å²) in [5, 5.41) is 0. The molecule has 0 saturated heterocycles. The Labute approximate surface area is 104 Å². The van der Waals surface area contributed by atoms with E-state index in [1.54, 1.807) is 0 Å². The van der Waals surface area contributed by atoms with Crippen LogP contribution in [0.25, 0.3) is 0 Å². The van der Waals surface area contributed by atoms with Crippen LogP contribution < -0.4 is 10.5 Å². The van der Waals surface area contributed by atoms with Crippen LogP contribution in [-0.2, 0) is 6.42 Å². The van der Waals surface area contributed by atoms with Crippen LogP contribution in [-0.4, -0.2) is 12.6 Å². The van der Waals surface area contributed by atoms with Crippen molar-refractivity contribution in [1.29, 1.82) is 0 Å². The zero-order chi connectivity index (χ0) is 12.3. The highest BCUT2D eigenvalue weighted by Gasteiger charge is 2.19. The molecule has 1 aliphatic rings. The zero-order valence-corrected chi connectivity index (χ0v) is 11.0. The number of rotatable bonds is 4. The number of ether oxygens (including phenoxy) is 1. The van der Waals surface area contributed by atoms with Gasteiger partial charge < -0.3 is 10.5 Å². The lowest BCUT2D eigenvalue weighted by atomic mass is 10.0. The summed E-state index contributed by atoms with van der Waals surface area (Å²) in [6.07, 6.45) is 6.35. The Kier molecular flexibility index (Phi) is 4.06. The lowest BCUT2D eigenvalue weighted by Gasteiger charge is -2.19. The van der Waals surface area contributed by atoms with Gasteiger partial charge in [-0.1, -0.05) is 12.1 Å². The summed E-state index contributed by atoms with van der Waals surface area (Å²) in [4.78, 5) is 0. The first-order chi connectivity index (χ1) is 8.22. The number of hydrogen-bond acceptors (Lipinski definition) is 2. The third kappa shape index (κ3) is 2.81. The van der Waals surface area contributed by atoms with Gasteiger partial charge in [0.25, 0.3) is 0 Å². The molecule has 1 aromatic carbocycles. The second-order valence-corrected chi connectivity index (χ2v) is 5.06. The molecule has 2 rings (SSSR count). The average molecular weight is 233 g/mol. The maximum Gasteiger partial charge on any atom is 0.126 e. The molecule has 1 saturated carbocycles. The molecule has 2 nitrogen and oxygen atoms in total. The van der Waals surface area contributed by atoms with Crippen LogP contribution in [0.3, 0.4) is 0 Å². The van der Waals surface area contributed by atoms with Gasteiger partial charge in [-0.3, -0.25) is 0 Å². The molecule has 94 valence electrons. The fourth-order valence-corrected chi connectivity index (χ4v) is 2.54. The third-order valence-electron chi connectivity index (χ3n) is 3.76. The first kappa shape index (κ1) is 12.4. The van der Waals surface area contributed by atoms with Gasteiger partial charge in [0.2, 0.25) is 0 Å². The second kappa shape index (κ2) is 5.54. The maximum absolute atomic E-state index is 6.22. The first-order valence-corrected chi connectivity index (χ1v) is 6.68. The van der Waals surface area contributed by atoms with Crippen molar-refractivity contribution in [1.82, 2.24) is 0 Å². The van der Waals surface area contributed by atoms with E-state index in [-0.39, 0.29) is 0 Å². The Morgan fingerprint density at radius 2 is 1.94 bits per heavy atom. The Balaban J connectivity index is 2.24. The van der Waals surface area contributed by atoms with Crippen molar-refractivity contribution in [2.75, 3.05) is 6.54 Å². The maximum atomic E-state index is 6.22. The number of hydrogen-bond donors (Lipinski definition) is 1. The Morgan fingerprint density at radius 3 is 2.59 bits per heavy atom. The monoisotopic (exact) mass is 233 g/mol. The van der Waals surface area contributed by atoms with Crippen LogP contribution in [0.4, 0.5) is 0 Å². The molecule has 0 bridgehead atoms. The van der Waals surface area contributed by atoms with Crippen molar-refractivity contribution in [3.8, 4) is 5.75 Å². The molecule has 2 N–H and O–H groups in total. The topological polar surface area (TPSA) is 35.2 Å². The number of nitrogens with two attached hydrogens (primary N) is 1. The van der Waals surface area contributed by atoms with Gasteiger partial charge in [-0.2, -0.15) is 0 Å².